The maximum Gasteiger partial charge on any atom is 0.351 e. The maximum absolute atomic E-state index is 13.1. The SMILES string of the molecule is CC(=O)Nc1ccn([C@H]2O[C@@H](COCc3ccccc3)[C@H](OCc3ccccc3)[C@H]2OCc2ccccc2)c(=O)n1. The molecule has 1 amide bonds. The second-order valence-corrected chi connectivity index (χ2v) is 9.77. The van der Waals surface area contributed by atoms with Crippen molar-refractivity contribution < 1.29 is 23.7 Å². The molecule has 1 fully saturated rings. The number of carbonyl (C=O) groups excluding carboxylic acids is 1. The van der Waals surface area contributed by atoms with Crippen LogP contribution in [0.3, 0.4) is 0 Å². The van der Waals surface area contributed by atoms with Gasteiger partial charge >= 0.3 is 5.69 Å². The van der Waals surface area contributed by atoms with Crippen LogP contribution in [0.4, 0.5) is 5.82 Å². The first kappa shape index (κ1) is 28.4. The summed E-state index contributed by atoms with van der Waals surface area (Å²) >= 11 is 0. The maximum atomic E-state index is 13.1. The summed E-state index contributed by atoms with van der Waals surface area (Å²) in [4.78, 5) is 28.6. The van der Waals surface area contributed by atoms with E-state index in [0.29, 0.717) is 19.8 Å². The highest BCUT2D eigenvalue weighted by molar-refractivity contribution is 5.87. The number of hydrogen-bond donors (Lipinski definition) is 1. The molecule has 0 aliphatic carbocycles. The van der Waals surface area contributed by atoms with Gasteiger partial charge in [0, 0.05) is 13.1 Å². The monoisotopic (exact) mass is 555 g/mol. The molecule has 0 saturated carbocycles. The van der Waals surface area contributed by atoms with E-state index in [1.54, 1.807) is 12.3 Å². The Bertz CT molecular complexity index is 1450. The van der Waals surface area contributed by atoms with Crippen molar-refractivity contribution in [2.24, 2.45) is 0 Å². The van der Waals surface area contributed by atoms with Crippen LogP contribution >= 0.6 is 0 Å². The molecule has 1 aliphatic heterocycles. The Labute approximate surface area is 238 Å². The van der Waals surface area contributed by atoms with Gasteiger partial charge in [-0.1, -0.05) is 91.0 Å². The first-order valence-electron chi connectivity index (χ1n) is 13.5. The molecule has 4 aromatic rings. The highest BCUT2D eigenvalue weighted by Gasteiger charge is 2.48. The fourth-order valence-electron chi connectivity index (χ4n) is 4.70. The van der Waals surface area contributed by atoms with E-state index in [4.69, 9.17) is 18.9 Å². The molecule has 0 unspecified atom stereocenters. The second kappa shape index (κ2) is 14.0. The Kier molecular flexibility index (Phi) is 9.66. The summed E-state index contributed by atoms with van der Waals surface area (Å²) in [7, 11) is 0. The van der Waals surface area contributed by atoms with E-state index in [9.17, 15) is 9.59 Å². The minimum Gasteiger partial charge on any atom is -0.374 e. The molecule has 9 nitrogen and oxygen atoms in total. The third kappa shape index (κ3) is 7.74. The Balaban J connectivity index is 1.41. The summed E-state index contributed by atoms with van der Waals surface area (Å²) in [5.74, 6) is -0.154. The average molecular weight is 556 g/mol. The van der Waals surface area contributed by atoms with Crippen molar-refractivity contribution in [3.63, 3.8) is 0 Å². The number of amides is 1. The van der Waals surface area contributed by atoms with Crippen LogP contribution in [0.5, 0.6) is 0 Å². The third-order valence-electron chi connectivity index (χ3n) is 6.66. The van der Waals surface area contributed by atoms with E-state index in [1.165, 1.54) is 11.5 Å². The van der Waals surface area contributed by atoms with Crippen LogP contribution in [-0.4, -0.2) is 40.4 Å². The molecule has 1 saturated heterocycles. The summed E-state index contributed by atoms with van der Waals surface area (Å²) in [6, 6.07) is 31.1. The zero-order valence-corrected chi connectivity index (χ0v) is 22.8. The molecule has 3 aromatic carbocycles. The van der Waals surface area contributed by atoms with E-state index in [0.717, 1.165) is 16.7 Å². The summed E-state index contributed by atoms with van der Waals surface area (Å²) in [5.41, 5.74) is 2.43. The zero-order chi connectivity index (χ0) is 28.4. The molecular weight excluding hydrogens is 522 g/mol. The quantitative estimate of drug-likeness (QED) is 0.275. The van der Waals surface area contributed by atoms with Crippen LogP contribution < -0.4 is 11.0 Å². The predicted molar refractivity (Wildman–Crippen MR) is 153 cm³/mol. The summed E-state index contributed by atoms with van der Waals surface area (Å²) in [6.07, 6.45) is -1.03. The third-order valence-corrected chi connectivity index (χ3v) is 6.66. The van der Waals surface area contributed by atoms with Crippen molar-refractivity contribution in [3.05, 3.63) is 130 Å². The van der Waals surface area contributed by atoms with Crippen molar-refractivity contribution >= 4 is 11.7 Å². The highest BCUT2D eigenvalue weighted by atomic mass is 16.6. The van der Waals surface area contributed by atoms with Crippen LogP contribution in [0.1, 0.15) is 29.8 Å². The molecule has 1 aliphatic rings. The molecule has 212 valence electrons. The highest BCUT2D eigenvalue weighted by Crippen LogP contribution is 2.34. The van der Waals surface area contributed by atoms with Gasteiger partial charge < -0.3 is 24.3 Å². The van der Waals surface area contributed by atoms with Gasteiger partial charge in [0.1, 0.15) is 24.1 Å². The fraction of sp³-hybridized carbons (Fsp3) is 0.281. The first-order chi connectivity index (χ1) is 20.1. The van der Waals surface area contributed by atoms with Gasteiger partial charge in [0.25, 0.3) is 0 Å². The van der Waals surface area contributed by atoms with Gasteiger partial charge in [-0.15, -0.1) is 0 Å². The minimum absolute atomic E-state index is 0.165. The van der Waals surface area contributed by atoms with Crippen LogP contribution in [0.25, 0.3) is 0 Å². The number of rotatable bonds is 12. The lowest BCUT2D eigenvalue weighted by Crippen LogP contribution is -2.40. The molecule has 9 heteroatoms. The number of nitrogens with zero attached hydrogens (tertiary/aromatic N) is 2. The number of hydrogen-bond acceptors (Lipinski definition) is 7. The van der Waals surface area contributed by atoms with Crippen molar-refractivity contribution in [2.45, 2.75) is 51.3 Å². The molecule has 0 radical (unpaired) electrons. The average Bonchev–Trinajstić information content (AvgIpc) is 3.33. The normalized spacial score (nSPS) is 20.1. The van der Waals surface area contributed by atoms with E-state index >= 15 is 0 Å². The number of nitrogens with one attached hydrogen (secondary N) is 1. The van der Waals surface area contributed by atoms with Gasteiger partial charge in [0.05, 0.1) is 26.4 Å². The van der Waals surface area contributed by atoms with Gasteiger partial charge in [-0.05, 0) is 22.8 Å². The lowest BCUT2D eigenvalue weighted by Gasteiger charge is -2.25. The predicted octanol–water partition coefficient (Wildman–Crippen LogP) is 4.49. The van der Waals surface area contributed by atoms with Gasteiger partial charge in [-0.25, -0.2) is 4.79 Å². The van der Waals surface area contributed by atoms with Crippen molar-refractivity contribution in [1.29, 1.82) is 0 Å². The van der Waals surface area contributed by atoms with Gasteiger partial charge in [0.2, 0.25) is 5.91 Å². The molecule has 1 N–H and O–H groups in total. The van der Waals surface area contributed by atoms with Crippen molar-refractivity contribution in [2.75, 3.05) is 11.9 Å². The van der Waals surface area contributed by atoms with Gasteiger partial charge in [-0.3, -0.25) is 9.36 Å². The Morgan fingerprint density at radius 3 is 1.88 bits per heavy atom. The standard InChI is InChI=1S/C32H33N3O6/c1-23(36)33-28-17-18-35(32(37)34-28)31-30(40-21-26-15-9-4-10-16-26)29(39-20-25-13-7-3-8-14-25)27(41-31)22-38-19-24-11-5-2-6-12-24/h2-18,27,29-31H,19-22H2,1H3,(H,33,34,36,37)/t27-,29-,30+,31-/m0/s1. The van der Waals surface area contributed by atoms with E-state index < -0.39 is 30.2 Å². The number of anilines is 1. The van der Waals surface area contributed by atoms with Crippen LogP contribution in [0, 0.1) is 0 Å². The number of benzene rings is 3. The van der Waals surface area contributed by atoms with E-state index in [-0.39, 0.29) is 18.3 Å². The molecule has 0 bridgehead atoms. The van der Waals surface area contributed by atoms with Crippen molar-refractivity contribution in [3.8, 4) is 0 Å². The first-order valence-corrected chi connectivity index (χ1v) is 13.5. The fourth-order valence-corrected chi connectivity index (χ4v) is 4.70. The molecule has 0 spiro atoms. The smallest absolute Gasteiger partial charge is 0.351 e. The number of aromatic nitrogens is 2. The number of ether oxygens (including phenoxy) is 4. The van der Waals surface area contributed by atoms with E-state index in [2.05, 4.69) is 10.3 Å². The van der Waals surface area contributed by atoms with Gasteiger partial charge in [-0.2, -0.15) is 4.98 Å². The second-order valence-electron chi connectivity index (χ2n) is 9.77. The van der Waals surface area contributed by atoms with E-state index in [1.807, 2.05) is 91.0 Å². The lowest BCUT2D eigenvalue weighted by atomic mass is 10.1. The summed E-state index contributed by atoms with van der Waals surface area (Å²) in [6.45, 7) is 2.60. The molecular formula is C32H33N3O6. The Morgan fingerprint density at radius 2 is 1.34 bits per heavy atom. The van der Waals surface area contributed by atoms with Crippen LogP contribution in [0.15, 0.2) is 108 Å². The Morgan fingerprint density at radius 1 is 0.805 bits per heavy atom. The summed E-state index contributed by atoms with van der Waals surface area (Å²) < 4.78 is 26.8. The summed E-state index contributed by atoms with van der Waals surface area (Å²) in [5, 5.41) is 2.54. The molecule has 2 heterocycles. The molecule has 5 rings (SSSR count). The number of carbonyl (C=O) groups is 1. The topological polar surface area (TPSA) is 101 Å². The lowest BCUT2D eigenvalue weighted by molar-refractivity contribution is -0.114. The minimum atomic E-state index is -0.837. The molecule has 1 aromatic heterocycles. The zero-order valence-electron chi connectivity index (χ0n) is 22.8. The Hall–Kier alpha value is -4.15. The van der Waals surface area contributed by atoms with Crippen LogP contribution in [0.2, 0.25) is 0 Å². The van der Waals surface area contributed by atoms with Crippen molar-refractivity contribution in [1.82, 2.24) is 9.55 Å². The molecule has 4 atom stereocenters. The van der Waals surface area contributed by atoms with Gasteiger partial charge in [0.15, 0.2) is 6.23 Å². The van der Waals surface area contributed by atoms with Crippen LogP contribution in [-0.2, 0) is 43.6 Å². The largest absolute Gasteiger partial charge is 0.374 e. The molecule has 41 heavy (non-hydrogen) atoms.